The third-order valence-corrected chi connectivity index (χ3v) is 5.42. The molecule has 1 aromatic carbocycles. The number of hydrogen-bond donors (Lipinski definition) is 1. The summed E-state index contributed by atoms with van der Waals surface area (Å²) in [6, 6.07) is 8.62. The van der Waals surface area contributed by atoms with Crippen molar-refractivity contribution in [3.63, 3.8) is 0 Å². The third-order valence-electron chi connectivity index (χ3n) is 5.42. The van der Waals surface area contributed by atoms with Crippen LogP contribution in [0.1, 0.15) is 30.1 Å². The number of carbonyl (C=O) groups is 1. The summed E-state index contributed by atoms with van der Waals surface area (Å²) in [6.45, 7) is 9.41. The van der Waals surface area contributed by atoms with Gasteiger partial charge in [0.25, 0.3) is 5.91 Å². The molecule has 0 aromatic heterocycles. The van der Waals surface area contributed by atoms with Crippen LogP contribution in [0.5, 0.6) is 0 Å². The van der Waals surface area contributed by atoms with Crippen LogP contribution in [-0.4, -0.2) is 74.6 Å². The Morgan fingerprint density at radius 1 is 1.08 bits per heavy atom. The molecule has 1 atom stereocenters. The number of likely N-dealkylation sites (N-methyl/N-ethyl adjacent to an activating group) is 2. The van der Waals surface area contributed by atoms with Crippen LogP contribution in [0, 0.1) is 0 Å². The summed E-state index contributed by atoms with van der Waals surface area (Å²) in [5.41, 5.74) is 2.04. The average molecular weight is 403 g/mol. The highest BCUT2D eigenvalue weighted by molar-refractivity contribution is 5.94. The van der Waals surface area contributed by atoms with Gasteiger partial charge in [-0.05, 0) is 50.7 Å². The van der Waals surface area contributed by atoms with Gasteiger partial charge in [0.1, 0.15) is 0 Å². The lowest BCUT2D eigenvalue weighted by atomic mass is 10.0. The molecule has 2 saturated heterocycles. The number of anilines is 1. The molecule has 0 aliphatic carbocycles. The SMILES string of the molecule is CCN1CCN(c2ccc(C(=O)N3CCCC(NC)C3)cc2)CC1.Cl.Cl. The molecular weight excluding hydrogens is 371 g/mol. The molecule has 2 aliphatic heterocycles. The first-order valence-electron chi connectivity index (χ1n) is 9.25. The maximum absolute atomic E-state index is 12.7. The summed E-state index contributed by atoms with van der Waals surface area (Å²) in [5.74, 6) is 0.164. The number of amides is 1. The number of rotatable bonds is 4. The van der Waals surface area contributed by atoms with E-state index in [1.54, 1.807) is 0 Å². The number of likely N-dealkylation sites (tertiary alicyclic amines) is 1. The topological polar surface area (TPSA) is 38.8 Å². The highest BCUT2D eigenvalue weighted by Crippen LogP contribution is 2.19. The number of benzene rings is 1. The molecule has 7 heteroatoms. The number of halogens is 2. The van der Waals surface area contributed by atoms with Crippen molar-refractivity contribution in [3.05, 3.63) is 29.8 Å². The summed E-state index contributed by atoms with van der Waals surface area (Å²) >= 11 is 0. The Kier molecular flexibility index (Phi) is 9.72. The average Bonchev–Trinajstić information content (AvgIpc) is 2.67. The van der Waals surface area contributed by atoms with Gasteiger partial charge in [-0.25, -0.2) is 0 Å². The monoisotopic (exact) mass is 402 g/mol. The van der Waals surface area contributed by atoms with Crippen molar-refractivity contribution >= 4 is 36.4 Å². The Morgan fingerprint density at radius 2 is 1.73 bits per heavy atom. The van der Waals surface area contributed by atoms with E-state index >= 15 is 0 Å². The molecule has 2 heterocycles. The summed E-state index contributed by atoms with van der Waals surface area (Å²) in [7, 11) is 1.98. The Hall–Kier alpha value is -1.01. The molecule has 2 fully saturated rings. The maximum Gasteiger partial charge on any atom is 0.253 e. The van der Waals surface area contributed by atoms with Crippen molar-refractivity contribution in [2.75, 3.05) is 57.8 Å². The number of piperazine rings is 1. The smallest absolute Gasteiger partial charge is 0.253 e. The molecule has 0 radical (unpaired) electrons. The van der Waals surface area contributed by atoms with Crippen LogP contribution in [0.2, 0.25) is 0 Å². The quantitative estimate of drug-likeness (QED) is 0.839. The van der Waals surface area contributed by atoms with Crippen molar-refractivity contribution in [2.24, 2.45) is 0 Å². The molecule has 26 heavy (non-hydrogen) atoms. The second-order valence-corrected chi connectivity index (χ2v) is 6.85. The van der Waals surface area contributed by atoms with Crippen LogP contribution in [0.25, 0.3) is 0 Å². The van der Waals surface area contributed by atoms with E-state index in [1.165, 1.54) is 5.69 Å². The summed E-state index contributed by atoms with van der Waals surface area (Å²) in [4.78, 5) is 19.6. The van der Waals surface area contributed by atoms with Crippen molar-refractivity contribution < 1.29 is 4.79 Å². The minimum atomic E-state index is 0. The molecule has 5 nitrogen and oxygen atoms in total. The van der Waals surface area contributed by atoms with Gasteiger partial charge in [0.05, 0.1) is 0 Å². The highest BCUT2D eigenvalue weighted by Gasteiger charge is 2.23. The maximum atomic E-state index is 12.7. The van der Waals surface area contributed by atoms with Crippen LogP contribution in [0.4, 0.5) is 5.69 Å². The van der Waals surface area contributed by atoms with E-state index in [0.29, 0.717) is 6.04 Å². The van der Waals surface area contributed by atoms with Gasteiger partial charge in [-0.1, -0.05) is 6.92 Å². The van der Waals surface area contributed by atoms with E-state index in [0.717, 1.165) is 64.2 Å². The Balaban J connectivity index is 0.00000169. The van der Waals surface area contributed by atoms with Gasteiger partial charge in [0.15, 0.2) is 0 Å². The van der Waals surface area contributed by atoms with Gasteiger partial charge < -0.3 is 20.0 Å². The molecule has 0 spiro atoms. The summed E-state index contributed by atoms with van der Waals surface area (Å²) in [6.07, 6.45) is 2.24. The summed E-state index contributed by atoms with van der Waals surface area (Å²) < 4.78 is 0. The molecular formula is C19H32Cl2N4O. The van der Waals surface area contributed by atoms with Gasteiger partial charge >= 0.3 is 0 Å². The van der Waals surface area contributed by atoms with Crippen LogP contribution < -0.4 is 10.2 Å². The first-order valence-corrected chi connectivity index (χ1v) is 9.25. The molecule has 0 saturated carbocycles. The van der Waals surface area contributed by atoms with Crippen molar-refractivity contribution in [2.45, 2.75) is 25.8 Å². The fraction of sp³-hybridized carbons (Fsp3) is 0.632. The van der Waals surface area contributed by atoms with Crippen LogP contribution in [-0.2, 0) is 0 Å². The molecule has 1 unspecified atom stereocenters. The highest BCUT2D eigenvalue weighted by atomic mass is 35.5. The van der Waals surface area contributed by atoms with Gasteiger partial charge in [-0.3, -0.25) is 4.79 Å². The molecule has 1 amide bonds. The molecule has 148 valence electrons. The molecule has 0 bridgehead atoms. The molecule has 1 aromatic rings. The Bertz CT molecular complexity index is 547. The van der Waals surface area contributed by atoms with E-state index < -0.39 is 0 Å². The lowest BCUT2D eigenvalue weighted by molar-refractivity contribution is 0.0698. The zero-order valence-electron chi connectivity index (χ0n) is 15.8. The first-order chi connectivity index (χ1) is 11.7. The summed E-state index contributed by atoms with van der Waals surface area (Å²) in [5, 5.41) is 3.30. The standard InChI is InChI=1S/C19H30N4O.2ClH/c1-3-21-11-13-22(14-12-21)18-8-6-16(7-9-18)19(24)23-10-4-5-17(15-23)20-2;;/h6-9,17,20H,3-5,10-15H2,1-2H3;2*1H. The van der Waals surface area contributed by atoms with Gasteiger partial charge in [-0.15, -0.1) is 24.8 Å². The van der Waals surface area contributed by atoms with Crippen LogP contribution in [0.15, 0.2) is 24.3 Å². The van der Waals surface area contributed by atoms with Crippen molar-refractivity contribution in [1.82, 2.24) is 15.1 Å². The number of nitrogens with one attached hydrogen (secondary N) is 1. The lowest BCUT2D eigenvalue weighted by Gasteiger charge is -2.35. The normalized spacial score (nSPS) is 20.9. The van der Waals surface area contributed by atoms with E-state index in [2.05, 4.69) is 34.2 Å². The first kappa shape index (κ1) is 23.0. The largest absolute Gasteiger partial charge is 0.369 e. The fourth-order valence-electron chi connectivity index (χ4n) is 3.72. The molecule has 3 rings (SSSR count). The Labute approximate surface area is 169 Å². The van der Waals surface area contributed by atoms with Crippen molar-refractivity contribution in [1.29, 1.82) is 0 Å². The molecule has 2 aliphatic rings. The number of nitrogens with zero attached hydrogens (tertiary/aromatic N) is 3. The minimum Gasteiger partial charge on any atom is -0.369 e. The number of hydrogen-bond acceptors (Lipinski definition) is 4. The minimum absolute atomic E-state index is 0. The van der Waals surface area contributed by atoms with E-state index in [-0.39, 0.29) is 30.7 Å². The second kappa shape index (κ2) is 11.0. The number of carbonyl (C=O) groups excluding carboxylic acids is 1. The van der Waals surface area contributed by atoms with Gasteiger partial charge in [0, 0.05) is 56.6 Å². The molecule has 1 N–H and O–H groups in total. The lowest BCUT2D eigenvalue weighted by Crippen LogP contribution is -2.47. The van der Waals surface area contributed by atoms with Crippen LogP contribution in [0.3, 0.4) is 0 Å². The van der Waals surface area contributed by atoms with Gasteiger partial charge in [0.2, 0.25) is 0 Å². The van der Waals surface area contributed by atoms with Crippen LogP contribution >= 0.6 is 24.8 Å². The fourth-order valence-corrected chi connectivity index (χ4v) is 3.72. The zero-order chi connectivity index (χ0) is 16.9. The number of piperidine rings is 1. The third kappa shape index (κ3) is 5.49. The predicted molar refractivity (Wildman–Crippen MR) is 113 cm³/mol. The van der Waals surface area contributed by atoms with E-state index in [4.69, 9.17) is 0 Å². The Morgan fingerprint density at radius 3 is 2.31 bits per heavy atom. The van der Waals surface area contributed by atoms with Crippen molar-refractivity contribution in [3.8, 4) is 0 Å². The zero-order valence-corrected chi connectivity index (χ0v) is 17.5. The second-order valence-electron chi connectivity index (χ2n) is 6.85. The predicted octanol–water partition coefficient (Wildman–Crippen LogP) is 2.50. The van der Waals surface area contributed by atoms with E-state index in [1.807, 2.05) is 24.1 Å². The van der Waals surface area contributed by atoms with E-state index in [9.17, 15) is 4.79 Å². The van der Waals surface area contributed by atoms with Gasteiger partial charge in [-0.2, -0.15) is 0 Å².